The van der Waals surface area contributed by atoms with Gasteiger partial charge >= 0.3 is 12.1 Å². The maximum Gasteiger partial charge on any atom is 0.407 e. The molecule has 0 radical (unpaired) electrons. The summed E-state index contributed by atoms with van der Waals surface area (Å²) >= 11 is 2.27. The zero-order valence-corrected chi connectivity index (χ0v) is 56.3. The number of nitrogens with one attached hydrogen (secondary N) is 4. The zero-order chi connectivity index (χ0) is 67.4. The molecule has 0 fully saturated rings. The molecule has 27 heteroatoms. The van der Waals surface area contributed by atoms with Gasteiger partial charge in [-0.2, -0.15) is 0 Å². The Labute approximate surface area is 565 Å². The van der Waals surface area contributed by atoms with Gasteiger partial charge in [-0.05, 0) is 98.0 Å². The minimum absolute atomic E-state index is 0.0265. The molecule has 1 aliphatic carbocycles. The van der Waals surface area contributed by atoms with Crippen molar-refractivity contribution >= 4 is 69.0 Å². The van der Waals surface area contributed by atoms with Gasteiger partial charge in [0, 0.05) is 45.5 Å². The standard InChI is InChI=1S/C68H89FIN7O18/c1-3-68(84)52-40-58-62-50(42-77(58)65(81)51(52)44-94-66(68)82)61-54(17-16-49-45(2)53(69)41-56(74-62)60(49)61)76-67(83)95-43-47-12-14-48(15-13-47)72-63(79)55(11-7-8-20-71)75-64(80)57(39-46-9-5-4-6-10-46)73-59(78)18-21-85-23-25-87-27-29-89-31-33-91-35-37-93-38-36-92-34-32-90-30-28-88-26-24-86-22-19-70/h4-6,9-10,12-15,40-41,54-55,57,84H,3,7-8,11,16-39,42-44,71H2,1-2H3,(H,72,79)(H,73,78)(H,75,80)(H,76,83)/t54-,55-,57-,68-/m0/s1. The maximum absolute atomic E-state index is 15.5. The monoisotopic (exact) mass is 1440 g/mol. The molecule has 5 aromatic rings. The lowest BCUT2D eigenvalue weighted by molar-refractivity contribution is -0.172. The van der Waals surface area contributed by atoms with Crippen molar-refractivity contribution < 1.29 is 85.6 Å². The topological polar surface area (TPSA) is 316 Å². The number of halogens is 2. The number of nitrogens with zero attached hydrogens (tertiary/aromatic N) is 2. The molecular formula is C68H89FIN7O18. The number of fused-ring (bicyclic) bond motifs is 5. The summed E-state index contributed by atoms with van der Waals surface area (Å²) in [4.78, 5) is 86.9. The number of anilines is 1. The lowest BCUT2D eigenvalue weighted by Crippen LogP contribution is -2.53. The normalized spacial score (nSPS) is 15.9. The van der Waals surface area contributed by atoms with Crippen LogP contribution in [0.3, 0.4) is 0 Å². The molecule has 3 aliphatic rings. The predicted octanol–water partition coefficient (Wildman–Crippen LogP) is 5.70. The number of nitrogens with two attached hydrogens (primary N) is 1. The first-order valence-electron chi connectivity index (χ1n) is 32.5. The third-order valence-corrected chi connectivity index (χ3v) is 16.9. The Morgan fingerprint density at radius 2 is 1.33 bits per heavy atom. The van der Waals surface area contributed by atoms with Crippen LogP contribution in [0.25, 0.3) is 22.3 Å². The molecule has 4 atom stereocenters. The summed E-state index contributed by atoms with van der Waals surface area (Å²) in [5.74, 6) is -2.75. The largest absolute Gasteiger partial charge is 0.458 e. The lowest BCUT2D eigenvalue weighted by atomic mass is 9.81. The van der Waals surface area contributed by atoms with E-state index in [2.05, 4.69) is 43.9 Å². The van der Waals surface area contributed by atoms with E-state index in [1.807, 2.05) is 30.3 Å². The smallest absolute Gasteiger partial charge is 0.407 e. The van der Waals surface area contributed by atoms with E-state index in [0.29, 0.717) is 175 Å². The molecule has 518 valence electrons. The van der Waals surface area contributed by atoms with Crippen LogP contribution in [0.15, 0.2) is 71.5 Å². The van der Waals surface area contributed by atoms with Gasteiger partial charge in [-0.1, -0.05) is 72.0 Å². The van der Waals surface area contributed by atoms with E-state index in [1.165, 1.54) is 10.6 Å². The lowest BCUT2D eigenvalue weighted by Gasteiger charge is -2.31. The fourth-order valence-corrected chi connectivity index (χ4v) is 11.7. The van der Waals surface area contributed by atoms with Crippen molar-refractivity contribution in [1.82, 2.24) is 25.5 Å². The number of aromatic nitrogens is 2. The molecule has 2 aliphatic heterocycles. The summed E-state index contributed by atoms with van der Waals surface area (Å²) < 4.78 is 78.6. The highest BCUT2D eigenvalue weighted by Crippen LogP contribution is 2.46. The van der Waals surface area contributed by atoms with E-state index in [1.54, 1.807) is 44.2 Å². The van der Waals surface area contributed by atoms with Crippen molar-refractivity contribution in [2.24, 2.45) is 5.73 Å². The molecule has 25 nitrogen and oxygen atoms in total. The number of rotatable bonds is 44. The quantitative estimate of drug-likeness (QED) is 0.0116. The van der Waals surface area contributed by atoms with Crippen molar-refractivity contribution in [2.45, 2.75) is 109 Å². The Morgan fingerprint density at radius 1 is 0.737 bits per heavy atom. The van der Waals surface area contributed by atoms with Crippen LogP contribution >= 0.6 is 22.6 Å². The second-order valence-corrected chi connectivity index (χ2v) is 24.0. The predicted molar refractivity (Wildman–Crippen MR) is 356 cm³/mol. The summed E-state index contributed by atoms with van der Waals surface area (Å²) in [7, 11) is 0. The Bertz CT molecular complexity index is 3380. The van der Waals surface area contributed by atoms with Gasteiger partial charge in [-0.15, -0.1) is 0 Å². The fourth-order valence-electron chi connectivity index (χ4n) is 11.4. The van der Waals surface area contributed by atoms with Crippen molar-refractivity contribution in [3.05, 3.63) is 127 Å². The van der Waals surface area contributed by atoms with Crippen LogP contribution in [0.2, 0.25) is 0 Å². The van der Waals surface area contributed by atoms with E-state index >= 15 is 4.39 Å². The SMILES string of the molecule is CC[C@@]1(O)C(=O)OCc2c1cc1n(c2=O)Cc2c-1nc1cc(F)c(C)c3c1c2[C@@H](NC(=O)OCc1ccc(NC(=O)[C@H](CCCCN)NC(=O)[C@H](Cc2ccccc2)NC(=O)CCOCCOCCOCCOCCOCCOCCOCCOCCOCCI)cc1)CC3. The molecule has 0 bridgehead atoms. The van der Waals surface area contributed by atoms with Gasteiger partial charge in [0.15, 0.2) is 5.60 Å². The minimum Gasteiger partial charge on any atom is -0.458 e. The van der Waals surface area contributed by atoms with E-state index in [0.717, 1.165) is 22.2 Å². The highest BCUT2D eigenvalue weighted by molar-refractivity contribution is 14.1. The second-order valence-electron chi connectivity index (χ2n) is 22.9. The molecule has 0 saturated carbocycles. The molecule has 4 heterocycles. The van der Waals surface area contributed by atoms with Crippen LogP contribution in [-0.2, 0) is 109 Å². The summed E-state index contributed by atoms with van der Waals surface area (Å²) in [6.07, 6.45) is 1.58. The first-order chi connectivity index (χ1) is 46.2. The second kappa shape index (κ2) is 39.0. The van der Waals surface area contributed by atoms with Gasteiger partial charge in [-0.3, -0.25) is 19.2 Å². The summed E-state index contributed by atoms with van der Waals surface area (Å²) in [5.41, 5.74) is 9.04. The highest BCUT2D eigenvalue weighted by Gasteiger charge is 2.46. The van der Waals surface area contributed by atoms with Crippen LogP contribution in [0.5, 0.6) is 0 Å². The Hall–Kier alpha value is -6.61. The number of aryl methyl sites for hydroxylation is 1. The third-order valence-electron chi connectivity index (χ3n) is 16.4. The van der Waals surface area contributed by atoms with Crippen LogP contribution in [0.4, 0.5) is 14.9 Å². The number of ether oxygens (including phenoxy) is 11. The average molecular weight is 1440 g/mol. The van der Waals surface area contributed by atoms with Crippen molar-refractivity contribution in [1.29, 1.82) is 0 Å². The number of amides is 4. The van der Waals surface area contributed by atoms with Gasteiger partial charge in [0.25, 0.3) is 5.56 Å². The molecule has 7 N–H and O–H groups in total. The van der Waals surface area contributed by atoms with Crippen LogP contribution in [-0.4, -0.2) is 186 Å². The minimum atomic E-state index is -2.04. The highest BCUT2D eigenvalue weighted by atomic mass is 127. The number of alkyl halides is 1. The zero-order valence-electron chi connectivity index (χ0n) is 54.1. The molecule has 95 heavy (non-hydrogen) atoms. The molecule has 2 aromatic heterocycles. The summed E-state index contributed by atoms with van der Waals surface area (Å²) in [5, 5.41) is 23.7. The number of carbonyl (C=O) groups is 5. The van der Waals surface area contributed by atoms with Gasteiger partial charge < -0.3 is 88.8 Å². The first-order valence-corrected chi connectivity index (χ1v) is 34.0. The van der Waals surface area contributed by atoms with Gasteiger partial charge in [0.05, 0.1) is 154 Å². The number of esters is 1. The number of hydrogen-bond donors (Lipinski definition) is 6. The van der Waals surface area contributed by atoms with Gasteiger partial charge in [-0.25, -0.2) is 19.0 Å². The number of pyridine rings is 2. The number of benzene rings is 3. The van der Waals surface area contributed by atoms with Gasteiger partial charge in [0.2, 0.25) is 17.7 Å². The molecule has 0 spiro atoms. The summed E-state index contributed by atoms with van der Waals surface area (Å²) in [6, 6.07) is 16.2. The number of aliphatic hydroxyl groups is 1. The first kappa shape index (κ1) is 74.2. The number of carbonyl (C=O) groups excluding carboxylic acids is 5. The molecule has 4 amide bonds. The fraction of sp³-hybridized carbons (Fsp3) is 0.544. The van der Waals surface area contributed by atoms with Crippen LogP contribution in [0.1, 0.15) is 96.0 Å². The van der Waals surface area contributed by atoms with Crippen LogP contribution < -0.4 is 32.6 Å². The Morgan fingerprint density at radius 3 is 1.91 bits per heavy atom. The van der Waals surface area contributed by atoms with E-state index in [4.69, 9.17) is 62.8 Å². The number of hydrogen-bond acceptors (Lipinski definition) is 20. The van der Waals surface area contributed by atoms with Gasteiger partial charge in [0.1, 0.15) is 31.1 Å². The number of alkyl carbamates (subject to hydrolysis) is 1. The number of cyclic esters (lactones) is 1. The molecule has 3 aromatic carbocycles. The molecule has 0 unspecified atom stereocenters. The molecular weight excluding hydrogens is 1350 g/mol. The van der Waals surface area contributed by atoms with E-state index in [9.17, 15) is 33.9 Å². The third kappa shape index (κ3) is 21.4. The molecule has 0 saturated heterocycles. The van der Waals surface area contributed by atoms with Crippen molar-refractivity contribution in [2.75, 3.05) is 135 Å². The van der Waals surface area contributed by atoms with Crippen molar-refractivity contribution in [3.8, 4) is 11.4 Å². The number of unbranched alkanes of at least 4 members (excludes halogenated alkanes) is 1. The maximum atomic E-state index is 15.5. The molecule has 8 rings (SSSR count). The van der Waals surface area contributed by atoms with E-state index in [-0.39, 0.29) is 76.4 Å². The average Bonchev–Trinajstić information content (AvgIpc) is 1.62. The van der Waals surface area contributed by atoms with Crippen molar-refractivity contribution in [3.63, 3.8) is 0 Å². The summed E-state index contributed by atoms with van der Waals surface area (Å²) in [6.45, 7) is 11.1. The Balaban J connectivity index is 0.741. The van der Waals surface area contributed by atoms with Crippen LogP contribution in [0, 0.1) is 12.7 Å². The Kier molecular flexibility index (Phi) is 30.4. The van der Waals surface area contributed by atoms with E-state index < -0.39 is 64.9 Å².